The molecule has 0 spiro atoms. The second kappa shape index (κ2) is 5.92. The third kappa shape index (κ3) is 3.45. The zero-order chi connectivity index (χ0) is 17.4. The van der Waals surface area contributed by atoms with Crippen molar-refractivity contribution in [3.63, 3.8) is 0 Å². The molecule has 2 aromatic heterocycles. The van der Waals surface area contributed by atoms with E-state index in [9.17, 15) is 22.8 Å². The molecule has 0 aliphatic carbocycles. The highest BCUT2D eigenvalue weighted by atomic mass is 35.5. The van der Waals surface area contributed by atoms with Gasteiger partial charge in [-0.05, 0) is 12.2 Å². The first kappa shape index (κ1) is 16.8. The summed E-state index contributed by atoms with van der Waals surface area (Å²) in [4.78, 5) is 22.5. The number of rotatable bonds is 4. The predicted molar refractivity (Wildman–Crippen MR) is 72.3 cm³/mol. The molecule has 0 amide bonds. The second-order valence-corrected chi connectivity index (χ2v) is 4.73. The van der Waals surface area contributed by atoms with Gasteiger partial charge in [0.15, 0.2) is 11.5 Å². The van der Waals surface area contributed by atoms with Gasteiger partial charge < -0.3 is 9.52 Å². The van der Waals surface area contributed by atoms with Crippen LogP contribution in [-0.2, 0) is 13.2 Å². The van der Waals surface area contributed by atoms with E-state index in [2.05, 4.69) is 5.10 Å². The fourth-order valence-corrected chi connectivity index (χ4v) is 1.89. The first-order chi connectivity index (χ1) is 10.6. The standard InChI is InChI=1S/C13H8ClF3N2O4/c1-19-11(14)7(10(18-19)13(15,16)17)2-3-8(20)9-4-6(5-23-9)12(21)22/h2-5H,1H3,(H,21,22)/b3-2+. The van der Waals surface area contributed by atoms with Crippen LogP contribution in [0.25, 0.3) is 6.08 Å². The van der Waals surface area contributed by atoms with Crippen LogP contribution in [0.15, 0.2) is 22.8 Å². The maximum Gasteiger partial charge on any atom is 0.435 e. The van der Waals surface area contributed by atoms with Gasteiger partial charge in [-0.1, -0.05) is 11.6 Å². The number of carboxylic acids is 1. The number of ketones is 1. The van der Waals surface area contributed by atoms with Crippen molar-refractivity contribution in [3.05, 3.63) is 46.1 Å². The molecule has 122 valence electrons. The quantitative estimate of drug-likeness (QED) is 0.677. The van der Waals surface area contributed by atoms with Gasteiger partial charge in [0.2, 0.25) is 5.78 Å². The van der Waals surface area contributed by atoms with Crippen LogP contribution in [0, 0.1) is 0 Å². The van der Waals surface area contributed by atoms with Crippen LogP contribution in [0.1, 0.15) is 32.2 Å². The van der Waals surface area contributed by atoms with Crippen LogP contribution in [0.5, 0.6) is 0 Å². The monoisotopic (exact) mass is 348 g/mol. The van der Waals surface area contributed by atoms with Crippen LogP contribution in [-0.4, -0.2) is 26.6 Å². The molecule has 0 aliphatic rings. The fraction of sp³-hybridized carbons (Fsp3) is 0.154. The smallest absolute Gasteiger partial charge is 0.435 e. The summed E-state index contributed by atoms with van der Waals surface area (Å²) in [6, 6.07) is 0.963. The Morgan fingerprint density at radius 3 is 2.61 bits per heavy atom. The number of nitrogens with zero attached hydrogens (tertiary/aromatic N) is 2. The molecule has 0 aliphatic heterocycles. The molecule has 1 N–H and O–H groups in total. The molecule has 23 heavy (non-hydrogen) atoms. The zero-order valence-corrected chi connectivity index (χ0v) is 12.1. The predicted octanol–water partition coefficient (Wildman–Crippen LogP) is 3.28. The molecule has 6 nitrogen and oxygen atoms in total. The van der Waals surface area contributed by atoms with Crippen molar-refractivity contribution in [2.75, 3.05) is 0 Å². The van der Waals surface area contributed by atoms with Gasteiger partial charge in [-0.2, -0.15) is 18.3 Å². The highest BCUT2D eigenvalue weighted by Crippen LogP contribution is 2.34. The zero-order valence-electron chi connectivity index (χ0n) is 11.4. The average molecular weight is 349 g/mol. The van der Waals surface area contributed by atoms with Crippen LogP contribution in [0.4, 0.5) is 13.2 Å². The lowest BCUT2D eigenvalue weighted by molar-refractivity contribution is -0.141. The summed E-state index contributed by atoms with van der Waals surface area (Å²) in [7, 11) is 1.22. The number of hydrogen-bond acceptors (Lipinski definition) is 4. The average Bonchev–Trinajstić information content (AvgIpc) is 3.03. The van der Waals surface area contributed by atoms with E-state index in [0.717, 1.165) is 29.2 Å². The summed E-state index contributed by atoms with van der Waals surface area (Å²) in [5, 5.41) is 11.7. The molecule has 0 aromatic carbocycles. The van der Waals surface area contributed by atoms with Crippen molar-refractivity contribution in [1.82, 2.24) is 9.78 Å². The molecular formula is C13H8ClF3N2O4. The molecule has 2 heterocycles. The van der Waals surface area contributed by atoms with E-state index in [1.54, 1.807) is 0 Å². The minimum atomic E-state index is -4.74. The van der Waals surface area contributed by atoms with E-state index < -0.39 is 29.2 Å². The van der Waals surface area contributed by atoms with Gasteiger partial charge in [-0.15, -0.1) is 0 Å². The minimum absolute atomic E-state index is 0.253. The number of halogens is 4. The van der Waals surface area contributed by atoms with Crippen LogP contribution < -0.4 is 0 Å². The summed E-state index contributed by atoms with van der Waals surface area (Å²) in [6.45, 7) is 0. The van der Waals surface area contributed by atoms with Gasteiger partial charge in [0.05, 0.1) is 5.56 Å². The minimum Gasteiger partial charge on any atom is -0.478 e. The van der Waals surface area contributed by atoms with Gasteiger partial charge >= 0.3 is 12.1 Å². The van der Waals surface area contributed by atoms with E-state index in [1.165, 1.54) is 7.05 Å². The third-order valence-electron chi connectivity index (χ3n) is 2.77. The molecule has 0 atom stereocenters. The van der Waals surface area contributed by atoms with Crippen LogP contribution in [0.2, 0.25) is 5.15 Å². The Kier molecular flexibility index (Phi) is 4.33. The van der Waals surface area contributed by atoms with Crippen molar-refractivity contribution in [3.8, 4) is 0 Å². The third-order valence-corrected chi connectivity index (χ3v) is 3.22. The van der Waals surface area contributed by atoms with Gasteiger partial charge in [-0.25, -0.2) is 4.79 Å². The normalized spacial score (nSPS) is 12.0. The lowest BCUT2D eigenvalue weighted by Crippen LogP contribution is -2.08. The highest BCUT2D eigenvalue weighted by molar-refractivity contribution is 6.31. The Bertz CT molecular complexity index is 805. The molecule has 0 saturated carbocycles. The van der Waals surface area contributed by atoms with E-state index in [1.807, 2.05) is 0 Å². The number of furan rings is 1. The number of carboxylic acid groups (broad SMARTS) is 1. The topological polar surface area (TPSA) is 85.3 Å². The number of aromatic carboxylic acids is 1. The lowest BCUT2D eigenvalue weighted by atomic mass is 10.2. The summed E-state index contributed by atoms with van der Waals surface area (Å²) in [5.41, 5.74) is -1.96. The van der Waals surface area contributed by atoms with Gasteiger partial charge in [0, 0.05) is 18.7 Å². The molecule has 0 radical (unpaired) electrons. The Morgan fingerprint density at radius 2 is 2.09 bits per heavy atom. The van der Waals surface area contributed by atoms with Crippen LogP contribution in [0.3, 0.4) is 0 Å². The van der Waals surface area contributed by atoms with Crippen molar-refractivity contribution < 1.29 is 32.3 Å². The van der Waals surface area contributed by atoms with E-state index in [4.69, 9.17) is 21.1 Å². The van der Waals surface area contributed by atoms with E-state index in [0.29, 0.717) is 0 Å². The van der Waals surface area contributed by atoms with E-state index in [-0.39, 0.29) is 16.5 Å². The molecule has 0 bridgehead atoms. The Hall–Kier alpha value is -2.55. The van der Waals surface area contributed by atoms with E-state index >= 15 is 0 Å². The number of aromatic nitrogens is 2. The first-order valence-corrected chi connectivity index (χ1v) is 6.33. The summed E-state index contributed by atoms with van der Waals surface area (Å²) < 4.78 is 44.1. The molecule has 0 saturated heterocycles. The van der Waals surface area contributed by atoms with Gasteiger partial charge in [-0.3, -0.25) is 9.48 Å². The Balaban J connectivity index is 2.33. The number of carbonyl (C=O) groups excluding carboxylic acids is 1. The molecule has 10 heteroatoms. The molecule has 0 unspecified atom stereocenters. The first-order valence-electron chi connectivity index (χ1n) is 5.95. The van der Waals surface area contributed by atoms with Gasteiger partial charge in [0.25, 0.3) is 0 Å². The largest absolute Gasteiger partial charge is 0.478 e. The molecular weight excluding hydrogens is 341 g/mol. The second-order valence-electron chi connectivity index (χ2n) is 4.38. The molecule has 0 fully saturated rings. The van der Waals surface area contributed by atoms with Crippen LogP contribution >= 0.6 is 11.6 Å². The fourth-order valence-electron chi connectivity index (χ4n) is 1.70. The summed E-state index contributed by atoms with van der Waals surface area (Å²) in [5.74, 6) is -2.44. The Morgan fingerprint density at radius 1 is 1.43 bits per heavy atom. The molecule has 2 rings (SSSR count). The number of carbonyl (C=O) groups is 2. The SMILES string of the molecule is Cn1nc(C(F)(F)F)c(/C=C/C(=O)c2cc(C(=O)O)co2)c1Cl. The summed E-state index contributed by atoms with van der Waals surface area (Å²) >= 11 is 5.73. The summed E-state index contributed by atoms with van der Waals surface area (Å²) in [6.07, 6.45) is -2.25. The maximum atomic E-state index is 12.8. The molecule has 2 aromatic rings. The van der Waals surface area contributed by atoms with Crippen molar-refractivity contribution in [1.29, 1.82) is 0 Å². The van der Waals surface area contributed by atoms with Crippen molar-refractivity contribution >= 4 is 29.4 Å². The highest BCUT2D eigenvalue weighted by Gasteiger charge is 2.38. The number of hydrogen-bond donors (Lipinski definition) is 1. The maximum absolute atomic E-state index is 12.8. The van der Waals surface area contributed by atoms with Crippen molar-refractivity contribution in [2.45, 2.75) is 6.18 Å². The number of aryl methyl sites for hydroxylation is 1. The number of allylic oxidation sites excluding steroid dienone is 1. The van der Waals surface area contributed by atoms with Gasteiger partial charge in [0.1, 0.15) is 11.4 Å². The Labute approximate surface area is 131 Å². The number of alkyl halides is 3. The van der Waals surface area contributed by atoms with Crippen molar-refractivity contribution in [2.24, 2.45) is 7.05 Å². The lowest BCUT2D eigenvalue weighted by Gasteiger charge is -2.02.